The monoisotopic (exact) mass is 255 g/mol. The Morgan fingerprint density at radius 3 is 2.89 bits per heavy atom. The number of H-pyrrole nitrogens is 1. The quantitative estimate of drug-likeness (QED) is 0.885. The molecule has 2 heterocycles. The third-order valence-corrected chi connectivity index (χ3v) is 3.39. The molecule has 1 unspecified atom stereocenters. The largest absolute Gasteiger partial charge is 0.369 e. The predicted molar refractivity (Wildman–Crippen MR) is 75.5 cm³/mol. The maximum Gasteiger partial charge on any atom is 0.157 e. The Balaban J connectivity index is 1.70. The summed E-state index contributed by atoms with van der Waals surface area (Å²) in [7, 11) is 0. The van der Waals surface area contributed by atoms with Gasteiger partial charge < -0.3 is 15.0 Å². The molecule has 4 nitrogen and oxygen atoms in total. The SMILES string of the molecule is Cc1cc2c([nH]1)N=CN(CCc1ccccc1)C2O. The van der Waals surface area contributed by atoms with E-state index in [1.165, 1.54) is 5.56 Å². The molecule has 98 valence electrons. The maximum atomic E-state index is 10.3. The van der Waals surface area contributed by atoms with E-state index in [9.17, 15) is 5.11 Å². The normalized spacial score (nSPS) is 17.6. The van der Waals surface area contributed by atoms with Crippen molar-refractivity contribution in [1.29, 1.82) is 0 Å². The van der Waals surface area contributed by atoms with Crippen LogP contribution >= 0.6 is 0 Å². The van der Waals surface area contributed by atoms with E-state index in [1.54, 1.807) is 6.34 Å². The van der Waals surface area contributed by atoms with E-state index < -0.39 is 6.23 Å². The Labute approximate surface area is 112 Å². The molecule has 0 radical (unpaired) electrons. The van der Waals surface area contributed by atoms with Crippen molar-refractivity contribution >= 4 is 12.2 Å². The number of aliphatic hydroxyl groups is 1. The smallest absolute Gasteiger partial charge is 0.157 e. The molecule has 0 fully saturated rings. The lowest BCUT2D eigenvalue weighted by Gasteiger charge is -2.28. The number of aromatic amines is 1. The Morgan fingerprint density at radius 1 is 1.32 bits per heavy atom. The Kier molecular flexibility index (Phi) is 3.09. The predicted octanol–water partition coefficient (Wildman–Crippen LogP) is 2.53. The van der Waals surface area contributed by atoms with Crippen molar-refractivity contribution in [3.63, 3.8) is 0 Å². The van der Waals surface area contributed by atoms with Crippen molar-refractivity contribution in [2.24, 2.45) is 4.99 Å². The minimum atomic E-state index is -0.610. The number of nitrogens with zero attached hydrogens (tertiary/aromatic N) is 2. The first kappa shape index (κ1) is 12.0. The summed E-state index contributed by atoms with van der Waals surface area (Å²) in [5, 5.41) is 10.3. The van der Waals surface area contributed by atoms with Crippen molar-refractivity contribution in [2.75, 3.05) is 6.54 Å². The second-order valence-electron chi connectivity index (χ2n) is 4.85. The second kappa shape index (κ2) is 4.90. The van der Waals surface area contributed by atoms with Crippen molar-refractivity contribution in [2.45, 2.75) is 19.6 Å². The summed E-state index contributed by atoms with van der Waals surface area (Å²) in [5.74, 6) is 0.765. The van der Waals surface area contributed by atoms with Gasteiger partial charge >= 0.3 is 0 Å². The van der Waals surface area contributed by atoms with Gasteiger partial charge in [-0.1, -0.05) is 30.3 Å². The van der Waals surface area contributed by atoms with Gasteiger partial charge in [-0.05, 0) is 25.0 Å². The van der Waals surface area contributed by atoms with Gasteiger partial charge in [0.15, 0.2) is 6.23 Å². The average molecular weight is 255 g/mol. The van der Waals surface area contributed by atoms with E-state index in [1.807, 2.05) is 36.1 Å². The van der Waals surface area contributed by atoms with Crippen molar-refractivity contribution in [1.82, 2.24) is 9.88 Å². The van der Waals surface area contributed by atoms with Gasteiger partial charge in [-0.25, -0.2) is 4.99 Å². The Morgan fingerprint density at radius 2 is 2.11 bits per heavy atom. The number of fused-ring (bicyclic) bond motifs is 1. The lowest BCUT2D eigenvalue weighted by Crippen LogP contribution is -2.31. The highest BCUT2D eigenvalue weighted by molar-refractivity contribution is 5.66. The van der Waals surface area contributed by atoms with Crippen LogP contribution in [0.4, 0.5) is 5.82 Å². The van der Waals surface area contributed by atoms with E-state index in [2.05, 4.69) is 22.1 Å². The molecule has 0 saturated heterocycles. The lowest BCUT2D eigenvalue weighted by molar-refractivity contribution is 0.0552. The van der Waals surface area contributed by atoms with Crippen molar-refractivity contribution < 1.29 is 5.11 Å². The van der Waals surface area contributed by atoms with Gasteiger partial charge in [0.05, 0.1) is 6.34 Å². The molecule has 0 bridgehead atoms. The van der Waals surface area contributed by atoms with Gasteiger partial charge in [-0.2, -0.15) is 0 Å². The van der Waals surface area contributed by atoms with Crippen LogP contribution < -0.4 is 0 Å². The molecule has 1 atom stereocenters. The van der Waals surface area contributed by atoms with Gasteiger partial charge in [-0.15, -0.1) is 0 Å². The molecule has 2 aromatic rings. The molecule has 3 rings (SSSR count). The Bertz CT molecular complexity index is 589. The van der Waals surface area contributed by atoms with Crippen LogP contribution in [0.25, 0.3) is 0 Å². The first-order valence-corrected chi connectivity index (χ1v) is 6.45. The number of rotatable bonds is 3. The topological polar surface area (TPSA) is 51.6 Å². The molecule has 1 aromatic heterocycles. The fourth-order valence-corrected chi connectivity index (χ4v) is 2.36. The minimum Gasteiger partial charge on any atom is -0.369 e. The van der Waals surface area contributed by atoms with Crippen LogP contribution in [0.1, 0.15) is 23.0 Å². The fourth-order valence-electron chi connectivity index (χ4n) is 2.36. The first-order chi connectivity index (χ1) is 9.24. The molecule has 2 N–H and O–H groups in total. The number of nitrogens with one attached hydrogen (secondary N) is 1. The molecule has 1 aliphatic rings. The molecule has 19 heavy (non-hydrogen) atoms. The highest BCUT2D eigenvalue weighted by atomic mass is 16.3. The molecule has 0 saturated carbocycles. The molecule has 0 aliphatic carbocycles. The number of aromatic nitrogens is 1. The minimum absolute atomic E-state index is 0.610. The summed E-state index contributed by atoms with van der Waals surface area (Å²) in [5.41, 5.74) is 3.14. The molecular weight excluding hydrogens is 238 g/mol. The fraction of sp³-hybridized carbons (Fsp3) is 0.267. The molecule has 0 amide bonds. The van der Waals surface area contributed by atoms with Crippen LogP contribution in [0.15, 0.2) is 41.4 Å². The lowest BCUT2D eigenvalue weighted by atomic mass is 10.1. The van der Waals surface area contributed by atoms with Crippen LogP contribution in [0.5, 0.6) is 0 Å². The second-order valence-corrected chi connectivity index (χ2v) is 4.85. The van der Waals surface area contributed by atoms with Crippen molar-refractivity contribution in [3.8, 4) is 0 Å². The number of hydrogen-bond donors (Lipinski definition) is 2. The van der Waals surface area contributed by atoms with Crippen LogP contribution in [0.2, 0.25) is 0 Å². The molecular formula is C15H17N3O. The summed E-state index contributed by atoms with van der Waals surface area (Å²) in [4.78, 5) is 9.34. The summed E-state index contributed by atoms with van der Waals surface area (Å²) in [6.07, 6.45) is 2.00. The average Bonchev–Trinajstić information content (AvgIpc) is 2.81. The molecule has 1 aliphatic heterocycles. The van der Waals surface area contributed by atoms with Gasteiger partial charge in [-0.3, -0.25) is 0 Å². The van der Waals surface area contributed by atoms with E-state index in [4.69, 9.17) is 0 Å². The third-order valence-electron chi connectivity index (χ3n) is 3.39. The highest BCUT2D eigenvalue weighted by Crippen LogP contribution is 2.31. The zero-order valence-electron chi connectivity index (χ0n) is 10.9. The van der Waals surface area contributed by atoms with Gasteiger partial charge in [0.25, 0.3) is 0 Å². The summed E-state index contributed by atoms with van der Waals surface area (Å²) in [6, 6.07) is 12.2. The van der Waals surface area contributed by atoms with Crippen LogP contribution in [-0.4, -0.2) is 27.9 Å². The van der Waals surface area contributed by atoms with E-state index in [0.717, 1.165) is 30.0 Å². The zero-order valence-corrected chi connectivity index (χ0v) is 10.9. The summed E-state index contributed by atoms with van der Waals surface area (Å²) < 4.78 is 0. The summed E-state index contributed by atoms with van der Waals surface area (Å²) in [6.45, 7) is 2.72. The Hall–Kier alpha value is -2.07. The standard InChI is InChI=1S/C15H17N3O/c1-11-9-13-14(17-11)16-10-18(15(13)19)8-7-12-5-3-2-4-6-12/h2-6,9-10,15,17,19H,7-8H2,1H3. The van der Waals surface area contributed by atoms with E-state index in [0.29, 0.717) is 0 Å². The molecule has 0 spiro atoms. The number of aliphatic hydroxyl groups excluding tert-OH is 1. The maximum absolute atomic E-state index is 10.3. The highest BCUT2D eigenvalue weighted by Gasteiger charge is 2.23. The van der Waals surface area contributed by atoms with E-state index in [-0.39, 0.29) is 0 Å². The van der Waals surface area contributed by atoms with Gasteiger partial charge in [0.2, 0.25) is 0 Å². The number of hydrogen-bond acceptors (Lipinski definition) is 3. The number of aryl methyl sites for hydroxylation is 1. The number of aliphatic imine (C=N–C) groups is 1. The van der Waals surface area contributed by atoms with Crippen LogP contribution in [0.3, 0.4) is 0 Å². The number of benzene rings is 1. The molecule has 1 aromatic carbocycles. The van der Waals surface area contributed by atoms with E-state index >= 15 is 0 Å². The first-order valence-electron chi connectivity index (χ1n) is 6.45. The van der Waals surface area contributed by atoms with Crippen LogP contribution in [-0.2, 0) is 6.42 Å². The molecule has 4 heteroatoms. The van der Waals surface area contributed by atoms with Crippen LogP contribution in [0, 0.1) is 6.92 Å². The van der Waals surface area contributed by atoms with Crippen molar-refractivity contribution in [3.05, 3.63) is 53.2 Å². The zero-order chi connectivity index (χ0) is 13.2. The van der Waals surface area contributed by atoms with Gasteiger partial charge in [0, 0.05) is 17.8 Å². The third kappa shape index (κ3) is 2.39. The summed E-state index contributed by atoms with van der Waals surface area (Å²) >= 11 is 0. The van der Waals surface area contributed by atoms with Gasteiger partial charge in [0.1, 0.15) is 5.82 Å².